The molecular weight excluding hydrogens is 514 g/mol. The van der Waals surface area contributed by atoms with Gasteiger partial charge in [0.1, 0.15) is 17.3 Å². The molecule has 0 bridgehead atoms. The van der Waals surface area contributed by atoms with Crippen molar-refractivity contribution in [1.29, 1.82) is 0 Å². The first-order chi connectivity index (χ1) is 18.8. The number of nitrogens with zero attached hydrogens (tertiary/aromatic N) is 2. The van der Waals surface area contributed by atoms with Crippen molar-refractivity contribution in [3.8, 4) is 0 Å². The number of fused-ring (bicyclic) bond motifs is 1. The summed E-state index contributed by atoms with van der Waals surface area (Å²) in [6, 6.07) is 3.07. The minimum absolute atomic E-state index is 0.00445. The van der Waals surface area contributed by atoms with Crippen molar-refractivity contribution >= 4 is 34.1 Å². The number of amides is 3. The van der Waals surface area contributed by atoms with Crippen LogP contribution < -0.4 is 27.0 Å². The summed E-state index contributed by atoms with van der Waals surface area (Å²) in [5.41, 5.74) is 7.03. The summed E-state index contributed by atoms with van der Waals surface area (Å²) in [5, 5.41) is 17.4. The summed E-state index contributed by atoms with van der Waals surface area (Å²) >= 11 is 1.53. The lowest BCUT2D eigenvalue weighted by molar-refractivity contribution is -0.127. The summed E-state index contributed by atoms with van der Waals surface area (Å²) in [4.78, 5) is 40.8. The van der Waals surface area contributed by atoms with E-state index in [2.05, 4.69) is 26.4 Å². The zero-order valence-electron chi connectivity index (χ0n) is 23.0. The molecule has 0 aromatic carbocycles. The molecule has 3 amide bonds. The van der Waals surface area contributed by atoms with Gasteiger partial charge in [0.05, 0.1) is 5.00 Å². The molecule has 6 N–H and O–H groups in total. The summed E-state index contributed by atoms with van der Waals surface area (Å²) in [6.45, 7) is 1.37. The van der Waals surface area contributed by atoms with Gasteiger partial charge in [0.25, 0.3) is 5.91 Å². The molecule has 1 unspecified atom stereocenters. The molecule has 39 heavy (non-hydrogen) atoms. The quantitative estimate of drug-likeness (QED) is 0.304. The molecule has 212 valence electrons. The largest absolute Gasteiger partial charge is 0.358 e. The van der Waals surface area contributed by atoms with Gasteiger partial charge in [0.15, 0.2) is 0 Å². The number of nitrogens with one attached hydrogen (secondary N) is 4. The number of likely N-dealkylation sites (N-methyl/N-ethyl adjacent to an activating group) is 1. The van der Waals surface area contributed by atoms with Gasteiger partial charge in [0.2, 0.25) is 11.8 Å². The lowest BCUT2D eigenvalue weighted by Gasteiger charge is -2.37. The number of thiophene rings is 1. The molecule has 2 saturated carbocycles. The zero-order chi connectivity index (χ0) is 27.6. The van der Waals surface area contributed by atoms with Crippen LogP contribution in [-0.4, -0.2) is 59.2 Å². The third-order valence-electron chi connectivity index (χ3n) is 9.02. The molecule has 0 radical (unpaired) electrons. The van der Waals surface area contributed by atoms with E-state index in [1.807, 2.05) is 6.07 Å². The van der Waals surface area contributed by atoms with E-state index in [1.165, 1.54) is 21.6 Å². The van der Waals surface area contributed by atoms with Crippen LogP contribution in [0, 0.1) is 11.3 Å². The Morgan fingerprint density at radius 1 is 1.21 bits per heavy atom. The number of nitrogens with two attached hydrogens (primary N) is 1. The topological polar surface area (TPSA) is 143 Å². The maximum absolute atomic E-state index is 13.6. The first-order valence-corrected chi connectivity index (χ1v) is 15.0. The standard InChI is InChI=1S/C28H41N7O3S/c1-30-26(38)28(31-17-27(16-29)11-12-27)10-8-19-14-22(39-21(19)15-28)33-25(37)23(18-6-4-3-5-7-18)34-24(36)20-9-13-32-35(20)2/h9,13-14,18,23,31H,3-8,10-12,15-17,29H2,1-2H3,(H,30,38)(H,33,37)(H,34,36)/t23-,28?/m0/s1. The second-order valence-electron chi connectivity index (χ2n) is 11.6. The zero-order valence-corrected chi connectivity index (χ0v) is 23.8. The number of carbonyl (C=O) groups excluding carboxylic acids is 3. The Kier molecular flexibility index (Phi) is 8.11. The molecule has 3 aliphatic rings. The maximum Gasteiger partial charge on any atom is 0.270 e. The van der Waals surface area contributed by atoms with E-state index in [9.17, 15) is 14.4 Å². The second-order valence-corrected chi connectivity index (χ2v) is 12.8. The number of hydrogen-bond donors (Lipinski definition) is 5. The first-order valence-electron chi connectivity index (χ1n) is 14.2. The van der Waals surface area contributed by atoms with Crippen molar-refractivity contribution < 1.29 is 14.4 Å². The van der Waals surface area contributed by atoms with Crippen molar-refractivity contribution in [3.63, 3.8) is 0 Å². The normalized spacial score (nSPS) is 22.9. The van der Waals surface area contributed by atoms with E-state index in [0.717, 1.165) is 67.8 Å². The Balaban J connectivity index is 1.30. The van der Waals surface area contributed by atoms with Gasteiger partial charge in [-0.05, 0) is 74.1 Å². The van der Waals surface area contributed by atoms with Gasteiger partial charge in [-0.15, -0.1) is 11.3 Å². The predicted molar refractivity (Wildman–Crippen MR) is 152 cm³/mol. The number of aromatic nitrogens is 2. The van der Waals surface area contributed by atoms with Gasteiger partial charge in [-0.25, -0.2) is 0 Å². The van der Waals surface area contributed by atoms with Crippen LogP contribution in [0.4, 0.5) is 5.00 Å². The highest BCUT2D eigenvalue weighted by Gasteiger charge is 2.47. The molecule has 2 atom stereocenters. The van der Waals surface area contributed by atoms with Crippen LogP contribution >= 0.6 is 11.3 Å². The number of carbonyl (C=O) groups is 3. The summed E-state index contributed by atoms with van der Waals surface area (Å²) in [6.07, 6.45) is 10.9. The highest BCUT2D eigenvalue weighted by molar-refractivity contribution is 7.16. The summed E-state index contributed by atoms with van der Waals surface area (Å²) < 4.78 is 1.52. The first kappa shape index (κ1) is 27.8. The molecule has 2 fully saturated rings. The number of rotatable bonds is 10. The van der Waals surface area contributed by atoms with Gasteiger partial charge in [-0.3, -0.25) is 19.1 Å². The van der Waals surface area contributed by atoms with Crippen molar-refractivity contribution in [2.75, 3.05) is 25.5 Å². The van der Waals surface area contributed by atoms with Crippen LogP contribution in [0.3, 0.4) is 0 Å². The third-order valence-corrected chi connectivity index (χ3v) is 10.1. The van der Waals surface area contributed by atoms with Crippen molar-refractivity contribution in [1.82, 2.24) is 25.7 Å². The fourth-order valence-electron chi connectivity index (χ4n) is 6.13. The number of hydrogen-bond acceptors (Lipinski definition) is 7. The maximum atomic E-state index is 13.6. The predicted octanol–water partition coefficient (Wildman–Crippen LogP) is 2.10. The molecule has 11 heteroatoms. The Morgan fingerprint density at radius 3 is 2.62 bits per heavy atom. The van der Waals surface area contributed by atoms with Gasteiger partial charge < -0.3 is 27.0 Å². The Labute approximate surface area is 233 Å². The SMILES string of the molecule is CNC(=O)C1(NCC2(CN)CC2)CCc2cc(NC(=O)[C@@H](NC(=O)c3ccnn3C)C3CCCCC3)sc2C1. The van der Waals surface area contributed by atoms with E-state index in [1.54, 1.807) is 26.4 Å². The fourth-order valence-corrected chi connectivity index (χ4v) is 7.36. The molecule has 0 aliphatic heterocycles. The van der Waals surface area contributed by atoms with Gasteiger partial charge >= 0.3 is 0 Å². The lowest BCUT2D eigenvalue weighted by Crippen LogP contribution is -2.60. The van der Waals surface area contributed by atoms with Crippen LogP contribution in [0.25, 0.3) is 0 Å². The monoisotopic (exact) mass is 555 g/mol. The molecule has 2 aromatic rings. The van der Waals surface area contributed by atoms with E-state index >= 15 is 0 Å². The highest BCUT2D eigenvalue weighted by Crippen LogP contribution is 2.45. The van der Waals surface area contributed by atoms with Crippen molar-refractivity contribution in [3.05, 3.63) is 34.5 Å². The van der Waals surface area contributed by atoms with Gasteiger partial charge in [-0.2, -0.15) is 5.10 Å². The third kappa shape index (κ3) is 5.90. The van der Waals surface area contributed by atoms with Crippen LogP contribution in [0.5, 0.6) is 0 Å². The molecule has 3 aliphatic carbocycles. The molecule has 0 spiro atoms. The van der Waals surface area contributed by atoms with Crippen molar-refractivity contribution in [2.45, 2.75) is 75.8 Å². The van der Waals surface area contributed by atoms with Gasteiger partial charge in [-0.1, -0.05) is 19.3 Å². The minimum Gasteiger partial charge on any atom is -0.358 e. The minimum atomic E-state index is -0.680. The Bertz CT molecular complexity index is 1210. The van der Waals surface area contributed by atoms with Crippen LogP contribution in [-0.2, 0) is 29.5 Å². The number of aryl methyl sites for hydroxylation is 2. The number of anilines is 1. The van der Waals surface area contributed by atoms with Crippen molar-refractivity contribution in [2.24, 2.45) is 24.1 Å². The van der Waals surface area contributed by atoms with Crippen LogP contribution in [0.1, 0.15) is 72.3 Å². The van der Waals surface area contributed by atoms with Crippen LogP contribution in [0.15, 0.2) is 18.3 Å². The molecule has 0 saturated heterocycles. The molecule has 5 rings (SSSR count). The average molecular weight is 556 g/mol. The van der Waals surface area contributed by atoms with E-state index in [0.29, 0.717) is 25.1 Å². The highest BCUT2D eigenvalue weighted by atomic mass is 32.1. The Hall–Kier alpha value is -2.76. The molecule has 2 aromatic heterocycles. The average Bonchev–Trinajstić information content (AvgIpc) is 3.44. The fraction of sp³-hybridized carbons (Fsp3) is 0.643. The van der Waals surface area contributed by atoms with E-state index in [4.69, 9.17) is 5.73 Å². The molecule has 10 nitrogen and oxygen atoms in total. The van der Waals surface area contributed by atoms with E-state index < -0.39 is 11.6 Å². The Morgan fingerprint density at radius 2 is 1.97 bits per heavy atom. The lowest BCUT2D eigenvalue weighted by atomic mass is 9.80. The second kappa shape index (κ2) is 11.4. The van der Waals surface area contributed by atoms with Crippen LogP contribution in [0.2, 0.25) is 0 Å². The summed E-state index contributed by atoms with van der Waals surface area (Å²) in [5.74, 6) is -0.396. The van der Waals surface area contributed by atoms with Gasteiger partial charge in [0, 0.05) is 38.1 Å². The molecular formula is C28H41N7O3S. The van der Waals surface area contributed by atoms with E-state index in [-0.39, 0.29) is 29.1 Å². The molecule has 2 heterocycles. The summed E-state index contributed by atoms with van der Waals surface area (Å²) in [7, 11) is 3.40. The smallest absolute Gasteiger partial charge is 0.270 e.